The first-order valence-corrected chi connectivity index (χ1v) is 8.65. The quantitative estimate of drug-likeness (QED) is 0.673. The molecule has 3 rings (SSSR count). The van der Waals surface area contributed by atoms with Gasteiger partial charge < -0.3 is 9.73 Å². The van der Waals surface area contributed by atoms with Crippen LogP contribution in [-0.2, 0) is 18.3 Å². The molecule has 1 aromatic carbocycles. The maximum absolute atomic E-state index is 13.2. The van der Waals surface area contributed by atoms with Crippen LogP contribution in [0.25, 0.3) is 0 Å². The number of carbonyl (C=O) groups excluding carboxylic acids is 1. The summed E-state index contributed by atoms with van der Waals surface area (Å²) in [4.78, 5) is 12.1. The van der Waals surface area contributed by atoms with Gasteiger partial charge in [0.2, 0.25) is 5.91 Å². The lowest BCUT2D eigenvalue weighted by atomic mass is 9.93. The second-order valence-electron chi connectivity index (χ2n) is 6.28. The Kier molecular flexibility index (Phi) is 5.84. The van der Waals surface area contributed by atoms with Crippen LogP contribution >= 0.6 is 0 Å². The van der Waals surface area contributed by atoms with E-state index in [2.05, 4.69) is 10.4 Å². The van der Waals surface area contributed by atoms with Gasteiger partial charge in [-0.25, -0.2) is 4.39 Å². The maximum atomic E-state index is 13.2. The number of aromatic nitrogens is 2. The number of hydrogen-bond donors (Lipinski definition) is 1. The van der Waals surface area contributed by atoms with Crippen LogP contribution < -0.4 is 5.32 Å². The number of benzene rings is 1. The fourth-order valence-corrected chi connectivity index (χ4v) is 2.96. The molecule has 1 amide bonds. The Morgan fingerprint density at radius 3 is 2.77 bits per heavy atom. The largest absolute Gasteiger partial charge is 0.469 e. The van der Waals surface area contributed by atoms with Gasteiger partial charge in [0.15, 0.2) is 0 Å². The molecule has 0 radical (unpaired) electrons. The smallest absolute Gasteiger partial charge is 0.220 e. The summed E-state index contributed by atoms with van der Waals surface area (Å²) in [5.74, 6) is 0.521. The van der Waals surface area contributed by atoms with E-state index in [0.717, 1.165) is 16.9 Å². The van der Waals surface area contributed by atoms with Gasteiger partial charge in [-0.15, -0.1) is 0 Å². The summed E-state index contributed by atoms with van der Waals surface area (Å²) in [5.41, 5.74) is 2.01. The van der Waals surface area contributed by atoms with Gasteiger partial charge in [0.1, 0.15) is 11.6 Å². The summed E-state index contributed by atoms with van der Waals surface area (Å²) in [6.07, 6.45) is 7.08. The molecule has 0 saturated heterocycles. The third-order valence-electron chi connectivity index (χ3n) is 4.31. The molecule has 0 unspecified atom stereocenters. The zero-order chi connectivity index (χ0) is 18.4. The maximum Gasteiger partial charge on any atom is 0.220 e. The van der Waals surface area contributed by atoms with Crippen LogP contribution in [-0.4, -0.2) is 22.2 Å². The molecule has 26 heavy (non-hydrogen) atoms. The highest BCUT2D eigenvalue weighted by Gasteiger charge is 2.17. The van der Waals surface area contributed by atoms with E-state index in [1.165, 1.54) is 12.1 Å². The van der Waals surface area contributed by atoms with Crippen molar-refractivity contribution in [2.45, 2.75) is 25.2 Å². The molecule has 136 valence electrons. The minimum Gasteiger partial charge on any atom is -0.469 e. The van der Waals surface area contributed by atoms with E-state index in [1.807, 2.05) is 25.4 Å². The fourth-order valence-electron chi connectivity index (χ4n) is 2.96. The van der Waals surface area contributed by atoms with E-state index in [0.29, 0.717) is 25.8 Å². The van der Waals surface area contributed by atoms with Crippen molar-refractivity contribution >= 4 is 5.91 Å². The van der Waals surface area contributed by atoms with E-state index in [1.54, 1.807) is 29.3 Å². The molecule has 1 N–H and O–H groups in total. The van der Waals surface area contributed by atoms with Crippen LogP contribution in [0.1, 0.15) is 35.6 Å². The van der Waals surface area contributed by atoms with Crippen molar-refractivity contribution < 1.29 is 13.6 Å². The van der Waals surface area contributed by atoms with Crippen molar-refractivity contribution in [2.24, 2.45) is 7.05 Å². The average molecular weight is 355 g/mol. The highest BCUT2D eigenvalue weighted by atomic mass is 19.1. The van der Waals surface area contributed by atoms with Crippen molar-refractivity contribution in [1.82, 2.24) is 15.1 Å². The number of hydrogen-bond acceptors (Lipinski definition) is 3. The predicted molar refractivity (Wildman–Crippen MR) is 96.1 cm³/mol. The molecule has 0 bridgehead atoms. The molecule has 0 aliphatic rings. The highest BCUT2D eigenvalue weighted by Crippen LogP contribution is 2.28. The zero-order valence-corrected chi connectivity index (χ0v) is 14.7. The Bertz CT molecular complexity index is 825. The van der Waals surface area contributed by atoms with Crippen LogP contribution in [0.5, 0.6) is 0 Å². The summed E-state index contributed by atoms with van der Waals surface area (Å²) in [5, 5.41) is 7.05. The van der Waals surface area contributed by atoms with Gasteiger partial charge in [0.25, 0.3) is 0 Å². The van der Waals surface area contributed by atoms with Crippen molar-refractivity contribution in [2.75, 3.05) is 6.54 Å². The van der Waals surface area contributed by atoms with Crippen molar-refractivity contribution in [3.63, 3.8) is 0 Å². The monoisotopic (exact) mass is 355 g/mol. The number of amides is 1. The Morgan fingerprint density at radius 2 is 2.12 bits per heavy atom. The van der Waals surface area contributed by atoms with Gasteiger partial charge in [0, 0.05) is 32.1 Å². The SMILES string of the molecule is Cn1cc(CCC(=O)NCC[C@@H](c2ccc(F)cc2)c2ccco2)cn1. The Morgan fingerprint density at radius 1 is 1.31 bits per heavy atom. The summed E-state index contributed by atoms with van der Waals surface area (Å²) >= 11 is 0. The fraction of sp³-hybridized carbons (Fsp3) is 0.300. The Hall–Kier alpha value is -2.89. The molecule has 0 spiro atoms. The normalized spacial score (nSPS) is 12.1. The topological polar surface area (TPSA) is 60.1 Å². The van der Waals surface area contributed by atoms with Crippen LogP contribution in [0.2, 0.25) is 0 Å². The number of carbonyl (C=O) groups is 1. The lowest BCUT2D eigenvalue weighted by molar-refractivity contribution is -0.121. The van der Waals surface area contributed by atoms with Gasteiger partial charge in [-0.2, -0.15) is 5.10 Å². The van der Waals surface area contributed by atoms with Crippen molar-refractivity contribution in [1.29, 1.82) is 0 Å². The molecule has 1 atom stereocenters. The van der Waals surface area contributed by atoms with Crippen LogP contribution in [0, 0.1) is 5.82 Å². The van der Waals surface area contributed by atoms with Crippen LogP contribution in [0.4, 0.5) is 4.39 Å². The van der Waals surface area contributed by atoms with Crippen LogP contribution in [0.15, 0.2) is 59.5 Å². The third-order valence-corrected chi connectivity index (χ3v) is 4.31. The second kappa shape index (κ2) is 8.47. The van der Waals surface area contributed by atoms with E-state index in [9.17, 15) is 9.18 Å². The second-order valence-corrected chi connectivity index (χ2v) is 6.28. The molecular weight excluding hydrogens is 333 g/mol. The molecule has 0 saturated carbocycles. The number of nitrogens with zero attached hydrogens (tertiary/aromatic N) is 2. The number of halogens is 1. The molecule has 0 aliphatic heterocycles. The van der Waals surface area contributed by atoms with E-state index >= 15 is 0 Å². The number of furan rings is 1. The summed E-state index contributed by atoms with van der Waals surface area (Å²) < 4.78 is 20.4. The van der Waals surface area contributed by atoms with Gasteiger partial charge in [-0.1, -0.05) is 12.1 Å². The first-order chi connectivity index (χ1) is 12.6. The minimum atomic E-state index is -0.268. The first kappa shape index (κ1) is 17.9. The molecule has 0 aliphatic carbocycles. The number of rotatable bonds is 8. The van der Waals surface area contributed by atoms with Gasteiger partial charge in [-0.05, 0) is 48.2 Å². The van der Waals surface area contributed by atoms with Gasteiger partial charge in [0.05, 0.1) is 12.5 Å². The van der Waals surface area contributed by atoms with Crippen LogP contribution in [0.3, 0.4) is 0 Å². The van der Waals surface area contributed by atoms with E-state index in [4.69, 9.17) is 4.42 Å². The average Bonchev–Trinajstić information content (AvgIpc) is 3.30. The van der Waals surface area contributed by atoms with Gasteiger partial charge in [-0.3, -0.25) is 9.48 Å². The first-order valence-electron chi connectivity index (χ1n) is 8.65. The predicted octanol–water partition coefficient (Wildman–Crippen LogP) is 3.42. The van der Waals surface area contributed by atoms with Crippen molar-refractivity contribution in [3.8, 4) is 0 Å². The molecule has 5 nitrogen and oxygen atoms in total. The lowest BCUT2D eigenvalue weighted by Crippen LogP contribution is -2.26. The molecule has 0 fully saturated rings. The summed E-state index contributed by atoms with van der Waals surface area (Å²) in [6.45, 7) is 0.522. The van der Waals surface area contributed by atoms with Crippen molar-refractivity contribution in [3.05, 3.63) is 77.8 Å². The molecule has 2 heterocycles. The minimum absolute atomic E-state index is 0.00570. The number of nitrogens with one attached hydrogen (secondary N) is 1. The third kappa shape index (κ3) is 4.81. The highest BCUT2D eigenvalue weighted by molar-refractivity contribution is 5.76. The molecular formula is C20H22FN3O2. The Balaban J connectivity index is 1.53. The van der Waals surface area contributed by atoms with E-state index in [-0.39, 0.29) is 17.6 Å². The standard InChI is InChI=1S/C20H22FN3O2/c1-24-14-15(13-23-24)4-9-20(25)22-11-10-18(19-3-2-12-26-19)16-5-7-17(21)8-6-16/h2-3,5-8,12-14,18H,4,9-11H2,1H3,(H,22,25)/t18-/m0/s1. The summed E-state index contributed by atoms with van der Waals surface area (Å²) in [6, 6.07) is 10.1. The van der Waals surface area contributed by atoms with E-state index < -0.39 is 0 Å². The molecule has 3 aromatic rings. The number of aryl methyl sites for hydroxylation is 2. The molecule has 6 heteroatoms. The van der Waals surface area contributed by atoms with Gasteiger partial charge >= 0.3 is 0 Å². The lowest BCUT2D eigenvalue weighted by Gasteiger charge is -2.15. The summed E-state index contributed by atoms with van der Waals surface area (Å²) in [7, 11) is 1.85. The Labute approximate surface area is 151 Å². The zero-order valence-electron chi connectivity index (χ0n) is 14.7. The molecule has 2 aromatic heterocycles.